The first-order chi connectivity index (χ1) is 9.72. The maximum Gasteiger partial charge on any atom is 0.122 e. The lowest BCUT2D eigenvalue weighted by Crippen LogP contribution is -2.18. The summed E-state index contributed by atoms with van der Waals surface area (Å²) in [4.78, 5) is 0. The Morgan fingerprint density at radius 3 is 2.35 bits per heavy atom. The van der Waals surface area contributed by atoms with Crippen LogP contribution in [0.15, 0.2) is 42.5 Å². The van der Waals surface area contributed by atoms with E-state index in [9.17, 15) is 0 Å². The van der Waals surface area contributed by atoms with Crippen molar-refractivity contribution >= 4 is 11.6 Å². The molecule has 0 bridgehead atoms. The quantitative estimate of drug-likeness (QED) is 0.649. The van der Waals surface area contributed by atoms with Gasteiger partial charge in [0.1, 0.15) is 5.75 Å². The van der Waals surface area contributed by atoms with E-state index in [2.05, 4.69) is 37.3 Å². The van der Waals surface area contributed by atoms with Crippen molar-refractivity contribution in [2.45, 2.75) is 39.7 Å². The number of ether oxygens (including phenoxy) is 1. The SMILES string of the molecule is CC.CC1CCc2cc(-c3ccc(Cl)cc3)ccc2O1. The second-order valence-electron chi connectivity index (χ2n) is 4.80. The van der Waals surface area contributed by atoms with E-state index in [0.29, 0.717) is 6.10 Å². The largest absolute Gasteiger partial charge is 0.490 e. The molecule has 1 nitrogen and oxygen atoms in total. The van der Waals surface area contributed by atoms with Gasteiger partial charge in [-0.3, -0.25) is 0 Å². The van der Waals surface area contributed by atoms with Gasteiger partial charge in [-0.05, 0) is 60.7 Å². The van der Waals surface area contributed by atoms with Crippen molar-refractivity contribution in [1.82, 2.24) is 0 Å². The number of hydrogen-bond acceptors (Lipinski definition) is 1. The molecule has 2 heteroatoms. The third-order valence-electron chi connectivity index (χ3n) is 3.39. The zero-order chi connectivity index (χ0) is 14.5. The van der Waals surface area contributed by atoms with Crippen LogP contribution in [0.4, 0.5) is 0 Å². The lowest BCUT2D eigenvalue weighted by atomic mass is 9.97. The highest BCUT2D eigenvalue weighted by molar-refractivity contribution is 6.30. The van der Waals surface area contributed by atoms with Gasteiger partial charge in [-0.25, -0.2) is 0 Å². The van der Waals surface area contributed by atoms with Gasteiger partial charge in [0.15, 0.2) is 0 Å². The highest BCUT2D eigenvalue weighted by atomic mass is 35.5. The Labute approximate surface area is 126 Å². The lowest BCUT2D eigenvalue weighted by Gasteiger charge is -2.23. The number of hydrogen-bond donors (Lipinski definition) is 0. The zero-order valence-corrected chi connectivity index (χ0v) is 13.1. The fourth-order valence-electron chi connectivity index (χ4n) is 2.35. The molecule has 106 valence electrons. The molecule has 0 aliphatic carbocycles. The summed E-state index contributed by atoms with van der Waals surface area (Å²) in [7, 11) is 0. The van der Waals surface area contributed by atoms with Gasteiger partial charge in [-0.2, -0.15) is 0 Å². The fourth-order valence-corrected chi connectivity index (χ4v) is 2.47. The Morgan fingerprint density at radius 2 is 1.65 bits per heavy atom. The van der Waals surface area contributed by atoms with Crippen LogP contribution in [-0.4, -0.2) is 6.10 Å². The Morgan fingerprint density at radius 1 is 1.00 bits per heavy atom. The highest BCUT2D eigenvalue weighted by Crippen LogP contribution is 2.32. The van der Waals surface area contributed by atoms with E-state index in [-0.39, 0.29) is 0 Å². The summed E-state index contributed by atoms with van der Waals surface area (Å²) in [6, 6.07) is 14.4. The lowest BCUT2D eigenvalue weighted by molar-refractivity contribution is 0.192. The molecule has 1 unspecified atom stereocenters. The summed E-state index contributed by atoms with van der Waals surface area (Å²) in [5.74, 6) is 1.03. The number of rotatable bonds is 1. The van der Waals surface area contributed by atoms with Crippen LogP contribution in [0.3, 0.4) is 0 Å². The van der Waals surface area contributed by atoms with Crippen molar-refractivity contribution in [1.29, 1.82) is 0 Å². The van der Waals surface area contributed by atoms with Crippen molar-refractivity contribution in [3.8, 4) is 16.9 Å². The number of halogens is 1. The van der Waals surface area contributed by atoms with Crippen LogP contribution in [0.5, 0.6) is 5.75 Å². The van der Waals surface area contributed by atoms with Crippen molar-refractivity contribution in [3.63, 3.8) is 0 Å². The maximum absolute atomic E-state index is 5.91. The second kappa shape index (κ2) is 6.81. The Balaban J connectivity index is 0.000000704. The van der Waals surface area contributed by atoms with Crippen molar-refractivity contribution in [3.05, 3.63) is 53.1 Å². The molecular weight excluding hydrogens is 268 g/mol. The van der Waals surface area contributed by atoms with E-state index in [1.165, 1.54) is 16.7 Å². The van der Waals surface area contributed by atoms with Gasteiger partial charge >= 0.3 is 0 Å². The summed E-state index contributed by atoms with van der Waals surface area (Å²) in [6.07, 6.45) is 2.52. The topological polar surface area (TPSA) is 9.23 Å². The van der Waals surface area contributed by atoms with Crippen molar-refractivity contribution in [2.75, 3.05) is 0 Å². The van der Waals surface area contributed by atoms with E-state index in [1.54, 1.807) is 0 Å². The Bertz CT molecular complexity index is 560. The monoisotopic (exact) mass is 288 g/mol. The predicted molar refractivity (Wildman–Crippen MR) is 86.6 cm³/mol. The van der Waals surface area contributed by atoms with Gasteiger partial charge in [-0.15, -0.1) is 0 Å². The summed E-state index contributed by atoms with van der Waals surface area (Å²) < 4.78 is 5.82. The second-order valence-corrected chi connectivity index (χ2v) is 5.23. The molecule has 1 aliphatic rings. The van der Waals surface area contributed by atoms with Gasteiger partial charge in [0, 0.05) is 5.02 Å². The molecule has 2 aromatic rings. The number of benzene rings is 2. The average Bonchev–Trinajstić information content (AvgIpc) is 2.49. The molecule has 0 spiro atoms. The van der Waals surface area contributed by atoms with E-state index in [0.717, 1.165) is 23.6 Å². The van der Waals surface area contributed by atoms with Crippen LogP contribution in [0.1, 0.15) is 32.8 Å². The molecule has 0 saturated heterocycles. The maximum atomic E-state index is 5.91. The molecule has 1 atom stereocenters. The summed E-state index contributed by atoms with van der Waals surface area (Å²) in [5.41, 5.74) is 3.73. The molecule has 0 N–H and O–H groups in total. The van der Waals surface area contributed by atoms with Crippen LogP contribution in [0.25, 0.3) is 11.1 Å². The molecule has 0 fully saturated rings. The van der Waals surface area contributed by atoms with Crippen LogP contribution < -0.4 is 4.74 Å². The van der Waals surface area contributed by atoms with Gasteiger partial charge in [0.25, 0.3) is 0 Å². The minimum absolute atomic E-state index is 0.332. The molecule has 0 amide bonds. The minimum Gasteiger partial charge on any atom is -0.490 e. The third kappa shape index (κ3) is 3.34. The van der Waals surface area contributed by atoms with E-state index in [1.807, 2.05) is 26.0 Å². The molecule has 1 heterocycles. The number of aryl methyl sites for hydroxylation is 1. The third-order valence-corrected chi connectivity index (χ3v) is 3.64. The van der Waals surface area contributed by atoms with Gasteiger partial charge in [-0.1, -0.05) is 43.6 Å². The molecule has 0 saturated carbocycles. The summed E-state index contributed by atoms with van der Waals surface area (Å²) in [6.45, 7) is 6.12. The fraction of sp³-hybridized carbons (Fsp3) is 0.333. The Kier molecular flexibility index (Phi) is 5.08. The Hall–Kier alpha value is -1.47. The van der Waals surface area contributed by atoms with Crippen molar-refractivity contribution < 1.29 is 4.74 Å². The summed E-state index contributed by atoms with van der Waals surface area (Å²) >= 11 is 5.91. The molecule has 2 aromatic carbocycles. The molecule has 3 rings (SSSR count). The van der Waals surface area contributed by atoms with Crippen LogP contribution >= 0.6 is 11.6 Å². The molecule has 0 aromatic heterocycles. The summed E-state index contributed by atoms with van der Waals surface area (Å²) in [5, 5.41) is 0.772. The molecule has 0 radical (unpaired) electrons. The zero-order valence-electron chi connectivity index (χ0n) is 12.3. The predicted octanol–water partition coefficient (Wildman–Crippen LogP) is 5.75. The normalized spacial score (nSPS) is 16.5. The number of fused-ring (bicyclic) bond motifs is 1. The van der Waals surface area contributed by atoms with Gasteiger partial charge in [0.05, 0.1) is 6.10 Å². The smallest absolute Gasteiger partial charge is 0.122 e. The molecular formula is C18H21ClO. The average molecular weight is 289 g/mol. The van der Waals surface area contributed by atoms with E-state index >= 15 is 0 Å². The first kappa shape index (κ1) is 14.9. The van der Waals surface area contributed by atoms with Crippen molar-refractivity contribution in [2.24, 2.45) is 0 Å². The van der Waals surface area contributed by atoms with Crippen LogP contribution in [0.2, 0.25) is 5.02 Å². The minimum atomic E-state index is 0.332. The van der Waals surface area contributed by atoms with Crippen LogP contribution in [-0.2, 0) is 6.42 Å². The van der Waals surface area contributed by atoms with E-state index < -0.39 is 0 Å². The standard InChI is InChI=1S/C16H15ClO.C2H6/c1-11-2-3-14-10-13(6-9-16(14)18-11)12-4-7-15(17)8-5-12;1-2/h4-11H,2-3H2,1H3;1-2H3. The molecule has 1 aliphatic heterocycles. The highest BCUT2D eigenvalue weighted by Gasteiger charge is 2.16. The van der Waals surface area contributed by atoms with Gasteiger partial charge in [0.2, 0.25) is 0 Å². The van der Waals surface area contributed by atoms with Crippen LogP contribution in [0, 0.1) is 0 Å². The first-order valence-corrected chi connectivity index (χ1v) is 7.66. The first-order valence-electron chi connectivity index (χ1n) is 7.28. The van der Waals surface area contributed by atoms with E-state index in [4.69, 9.17) is 16.3 Å². The van der Waals surface area contributed by atoms with Gasteiger partial charge < -0.3 is 4.74 Å². The molecule has 20 heavy (non-hydrogen) atoms.